The van der Waals surface area contributed by atoms with Crippen molar-refractivity contribution >= 4 is 29.2 Å². The highest BCUT2D eigenvalue weighted by Crippen LogP contribution is 2.32. The van der Waals surface area contributed by atoms with Crippen molar-refractivity contribution in [2.45, 2.75) is 12.8 Å². The lowest BCUT2D eigenvalue weighted by atomic mass is 10.2. The minimum Gasteiger partial charge on any atom is -0.507 e. The number of nitrogens with zero attached hydrogens (tertiary/aromatic N) is 3. The maximum Gasteiger partial charge on any atom is 0.270 e. The van der Waals surface area contributed by atoms with Gasteiger partial charge in [0, 0.05) is 36.9 Å². The number of non-ortho nitro benzene ring substituents is 1. The molecule has 0 aliphatic carbocycles. The molecule has 1 saturated heterocycles. The van der Waals surface area contributed by atoms with E-state index in [2.05, 4.69) is 4.99 Å². The van der Waals surface area contributed by atoms with Crippen LogP contribution in [0.2, 0.25) is 0 Å². The van der Waals surface area contributed by atoms with Gasteiger partial charge in [-0.05, 0) is 24.6 Å². The molecule has 3 rings (SSSR count). The SMILES string of the molecule is O=C1CCCN1c1ccccc1N=Cc1cc([N+](=O)[O-])ccc1O. The van der Waals surface area contributed by atoms with E-state index in [9.17, 15) is 20.0 Å². The third kappa shape index (κ3) is 3.10. The highest BCUT2D eigenvalue weighted by Gasteiger charge is 2.23. The third-order valence-corrected chi connectivity index (χ3v) is 3.81. The fraction of sp³-hybridized carbons (Fsp3) is 0.176. The van der Waals surface area contributed by atoms with Crippen molar-refractivity contribution in [3.05, 3.63) is 58.1 Å². The molecule has 0 saturated carbocycles. The Hall–Kier alpha value is -3.22. The lowest BCUT2D eigenvalue weighted by Gasteiger charge is -2.17. The molecule has 7 heteroatoms. The number of phenolic OH excluding ortho intramolecular Hbond substituents is 1. The van der Waals surface area contributed by atoms with Crippen LogP contribution in [0.1, 0.15) is 18.4 Å². The van der Waals surface area contributed by atoms with Crippen LogP contribution >= 0.6 is 0 Å². The van der Waals surface area contributed by atoms with Crippen LogP contribution in [0.5, 0.6) is 5.75 Å². The van der Waals surface area contributed by atoms with E-state index in [4.69, 9.17) is 0 Å². The van der Waals surface area contributed by atoms with Gasteiger partial charge < -0.3 is 10.0 Å². The number of amides is 1. The Kier molecular flexibility index (Phi) is 4.24. The normalized spacial score (nSPS) is 14.5. The Morgan fingerprint density at radius 3 is 2.75 bits per heavy atom. The number of nitro groups is 1. The van der Waals surface area contributed by atoms with Crippen LogP contribution in [0.4, 0.5) is 17.1 Å². The molecule has 122 valence electrons. The topological polar surface area (TPSA) is 96.0 Å². The molecular weight excluding hydrogens is 310 g/mol. The number of rotatable bonds is 4. The number of para-hydroxylation sites is 2. The molecule has 1 aliphatic rings. The first-order chi connectivity index (χ1) is 11.6. The number of carbonyl (C=O) groups is 1. The van der Waals surface area contributed by atoms with Crippen LogP contribution in [0.3, 0.4) is 0 Å². The molecule has 2 aromatic rings. The summed E-state index contributed by atoms with van der Waals surface area (Å²) in [6.07, 6.45) is 2.69. The van der Waals surface area contributed by atoms with Crippen molar-refractivity contribution in [1.82, 2.24) is 0 Å². The minimum absolute atomic E-state index is 0.0517. The van der Waals surface area contributed by atoms with Gasteiger partial charge in [0.15, 0.2) is 0 Å². The van der Waals surface area contributed by atoms with Crippen LogP contribution in [-0.2, 0) is 4.79 Å². The fourth-order valence-electron chi connectivity index (χ4n) is 2.60. The number of nitro benzene ring substituents is 1. The van der Waals surface area contributed by atoms with Crippen molar-refractivity contribution in [1.29, 1.82) is 0 Å². The number of carbonyl (C=O) groups excluding carboxylic acids is 1. The highest BCUT2D eigenvalue weighted by molar-refractivity contribution is 5.99. The first-order valence-electron chi connectivity index (χ1n) is 7.47. The predicted octanol–water partition coefficient (Wildman–Crippen LogP) is 3.18. The Bertz CT molecular complexity index is 832. The summed E-state index contributed by atoms with van der Waals surface area (Å²) in [5, 5.41) is 20.7. The summed E-state index contributed by atoms with van der Waals surface area (Å²) in [5.74, 6) is -0.0464. The van der Waals surface area contributed by atoms with Crippen LogP contribution in [-0.4, -0.2) is 28.7 Å². The minimum atomic E-state index is -0.534. The van der Waals surface area contributed by atoms with Gasteiger partial charge in [0.1, 0.15) is 5.75 Å². The summed E-state index contributed by atoms with van der Waals surface area (Å²) in [6, 6.07) is 10.9. The van der Waals surface area contributed by atoms with Crippen molar-refractivity contribution < 1.29 is 14.8 Å². The number of hydrogen-bond acceptors (Lipinski definition) is 5. The van der Waals surface area contributed by atoms with E-state index in [0.29, 0.717) is 24.3 Å². The van der Waals surface area contributed by atoms with E-state index < -0.39 is 4.92 Å². The van der Waals surface area contributed by atoms with Gasteiger partial charge in [-0.25, -0.2) is 0 Å². The number of aliphatic imine (C=N–C) groups is 1. The number of anilines is 1. The summed E-state index contributed by atoms with van der Waals surface area (Å²) in [5.41, 5.74) is 1.38. The molecule has 24 heavy (non-hydrogen) atoms. The molecule has 2 aromatic carbocycles. The molecule has 1 fully saturated rings. The first-order valence-corrected chi connectivity index (χ1v) is 7.47. The fourth-order valence-corrected chi connectivity index (χ4v) is 2.60. The van der Waals surface area contributed by atoms with Crippen LogP contribution < -0.4 is 4.90 Å². The number of hydrogen-bond donors (Lipinski definition) is 1. The molecule has 0 radical (unpaired) electrons. The average Bonchev–Trinajstić information content (AvgIpc) is 3.00. The molecule has 7 nitrogen and oxygen atoms in total. The van der Waals surface area contributed by atoms with Crippen molar-refractivity contribution in [3.63, 3.8) is 0 Å². The molecular formula is C17H15N3O4. The zero-order chi connectivity index (χ0) is 17.1. The largest absolute Gasteiger partial charge is 0.507 e. The van der Waals surface area contributed by atoms with E-state index in [1.807, 2.05) is 12.1 Å². The highest BCUT2D eigenvalue weighted by atomic mass is 16.6. The zero-order valence-corrected chi connectivity index (χ0v) is 12.8. The maximum absolute atomic E-state index is 11.9. The van der Waals surface area contributed by atoms with Crippen LogP contribution in [0.15, 0.2) is 47.5 Å². The van der Waals surface area contributed by atoms with Gasteiger partial charge in [0.25, 0.3) is 5.69 Å². The van der Waals surface area contributed by atoms with Crippen LogP contribution in [0, 0.1) is 10.1 Å². The molecule has 0 atom stereocenters. The lowest BCUT2D eigenvalue weighted by molar-refractivity contribution is -0.384. The zero-order valence-electron chi connectivity index (χ0n) is 12.8. The van der Waals surface area contributed by atoms with Gasteiger partial charge in [0.05, 0.1) is 16.3 Å². The molecule has 0 aromatic heterocycles. The molecule has 0 bridgehead atoms. The predicted molar refractivity (Wildman–Crippen MR) is 90.0 cm³/mol. The second-order valence-corrected chi connectivity index (χ2v) is 5.40. The van der Waals surface area contributed by atoms with Gasteiger partial charge >= 0.3 is 0 Å². The third-order valence-electron chi connectivity index (χ3n) is 3.81. The Morgan fingerprint density at radius 2 is 2.04 bits per heavy atom. The molecule has 1 amide bonds. The van der Waals surface area contributed by atoms with Gasteiger partial charge in [0.2, 0.25) is 5.91 Å². The summed E-state index contributed by atoms with van der Waals surface area (Å²) < 4.78 is 0. The quantitative estimate of drug-likeness (QED) is 0.530. The number of benzene rings is 2. The standard InChI is InChI=1S/C17H15N3O4/c21-16-8-7-13(20(23)24)10-12(16)11-18-14-4-1-2-5-15(14)19-9-3-6-17(19)22/h1-2,4-5,7-8,10-11,21H,3,6,9H2. The molecule has 0 unspecified atom stereocenters. The molecule has 1 aliphatic heterocycles. The first kappa shape index (κ1) is 15.7. The number of phenols is 1. The van der Waals surface area contributed by atoms with E-state index in [0.717, 1.165) is 6.42 Å². The number of aromatic hydroxyl groups is 1. The maximum atomic E-state index is 11.9. The molecule has 1 heterocycles. The van der Waals surface area contributed by atoms with Gasteiger partial charge in [-0.1, -0.05) is 12.1 Å². The Labute approximate surface area is 138 Å². The van der Waals surface area contributed by atoms with Gasteiger partial charge in [-0.15, -0.1) is 0 Å². The Morgan fingerprint density at radius 1 is 1.25 bits per heavy atom. The van der Waals surface area contributed by atoms with E-state index in [1.54, 1.807) is 17.0 Å². The van der Waals surface area contributed by atoms with Gasteiger partial charge in [-0.3, -0.25) is 19.9 Å². The molecule has 0 spiro atoms. The van der Waals surface area contributed by atoms with Gasteiger partial charge in [-0.2, -0.15) is 0 Å². The molecule has 1 N–H and O–H groups in total. The average molecular weight is 325 g/mol. The second kappa shape index (κ2) is 6.49. The van der Waals surface area contributed by atoms with E-state index in [1.165, 1.54) is 24.4 Å². The second-order valence-electron chi connectivity index (χ2n) is 5.40. The van der Waals surface area contributed by atoms with Crippen molar-refractivity contribution in [2.24, 2.45) is 4.99 Å². The lowest BCUT2D eigenvalue weighted by Crippen LogP contribution is -2.23. The summed E-state index contributed by atoms with van der Waals surface area (Å²) in [6.45, 7) is 0.646. The van der Waals surface area contributed by atoms with E-state index in [-0.39, 0.29) is 22.9 Å². The monoisotopic (exact) mass is 325 g/mol. The smallest absolute Gasteiger partial charge is 0.270 e. The summed E-state index contributed by atoms with van der Waals surface area (Å²) in [4.78, 5) is 28.2. The summed E-state index contributed by atoms with van der Waals surface area (Å²) >= 11 is 0. The van der Waals surface area contributed by atoms with Crippen molar-refractivity contribution in [2.75, 3.05) is 11.4 Å². The summed E-state index contributed by atoms with van der Waals surface area (Å²) in [7, 11) is 0. The Balaban J connectivity index is 1.94. The van der Waals surface area contributed by atoms with E-state index >= 15 is 0 Å². The van der Waals surface area contributed by atoms with Crippen LogP contribution in [0.25, 0.3) is 0 Å². The van der Waals surface area contributed by atoms with Crippen molar-refractivity contribution in [3.8, 4) is 5.75 Å².